The lowest BCUT2D eigenvalue weighted by molar-refractivity contribution is -0.159. The van der Waals surface area contributed by atoms with Crippen molar-refractivity contribution >= 4 is 17.8 Å². The van der Waals surface area contributed by atoms with E-state index in [1.54, 1.807) is 0 Å². The van der Waals surface area contributed by atoms with Gasteiger partial charge < -0.3 is 15.1 Å². The standard InChI is InChI=1S/C13H21NO5/c1-13(2,3)6-10(15)14-5-4-8(11(16)17)9(7-14)12(18)19/h8-9H,4-7H2,1-3H3,(H,16,17)(H,18,19). The van der Waals surface area contributed by atoms with Gasteiger partial charge in [-0.25, -0.2) is 0 Å². The van der Waals surface area contributed by atoms with Crippen molar-refractivity contribution in [3.63, 3.8) is 0 Å². The highest BCUT2D eigenvalue weighted by Gasteiger charge is 2.40. The minimum atomic E-state index is -1.15. The van der Waals surface area contributed by atoms with E-state index in [1.165, 1.54) is 4.90 Å². The molecule has 0 saturated carbocycles. The Morgan fingerprint density at radius 3 is 2.05 bits per heavy atom. The SMILES string of the molecule is CC(C)(C)CC(=O)N1CCC(C(=O)O)C(C(=O)O)C1. The van der Waals surface area contributed by atoms with Crippen LogP contribution < -0.4 is 0 Å². The second-order valence-corrected chi connectivity index (χ2v) is 6.26. The number of rotatable bonds is 3. The van der Waals surface area contributed by atoms with Gasteiger partial charge in [-0.1, -0.05) is 20.8 Å². The number of carboxylic acids is 2. The van der Waals surface area contributed by atoms with Crippen LogP contribution in [0.25, 0.3) is 0 Å². The molecule has 1 fully saturated rings. The molecule has 1 aliphatic rings. The molecule has 19 heavy (non-hydrogen) atoms. The molecule has 6 heteroatoms. The number of carbonyl (C=O) groups is 3. The largest absolute Gasteiger partial charge is 0.481 e. The molecular formula is C13H21NO5. The maximum Gasteiger partial charge on any atom is 0.309 e. The van der Waals surface area contributed by atoms with E-state index in [0.29, 0.717) is 13.0 Å². The predicted octanol–water partition coefficient (Wildman–Crippen LogP) is 1.06. The van der Waals surface area contributed by atoms with Crippen molar-refractivity contribution in [2.75, 3.05) is 13.1 Å². The summed E-state index contributed by atoms with van der Waals surface area (Å²) in [6, 6.07) is 0. The number of amides is 1. The Hall–Kier alpha value is -1.59. The quantitative estimate of drug-likeness (QED) is 0.800. The van der Waals surface area contributed by atoms with Crippen molar-refractivity contribution in [1.82, 2.24) is 4.90 Å². The van der Waals surface area contributed by atoms with Crippen molar-refractivity contribution < 1.29 is 24.6 Å². The van der Waals surface area contributed by atoms with Crippen LogP contribution in [0.4, 0.5) is 0 Å². The van der Waals surface area contributed by atoms with Gasteiger partial charge in [-0.3, -0.25) is 14.4 Å². The van der Waals surface area contributed by atoms with E-state index < -0.39 is 23.8 Å². The summed E-state index contributed by atoms with van der Waals surface area (Å²) in [4.78, 5) is 35.6. The third kappa shape index (κ3) is 4.22. The molecule has 1 rings (SSSR count). The van der Waals surface area contributed by atoms with Gasteiger partial charge in [-0.05, 0) is 11.8 Å². The van der Waals surface area contributed by atoms with E-state index >= 15 is 0 Å². The Morgan fingerprint density at radius 2 is 1.63 bits per heavy atom. The molecular weight excluding hydrogens is 250 g/mol. The second-order valence-electron chi connectivity index (χ2n) is 6.26. The highest BCUT2D eigenvalue weighted by Crippen LogP contribution is 2.27. The van der Waals surface area contributed by atoms with E-state index in [1.807, 2.05) is 20.8 Å². The fourth-order valence-electron chi connectivity index (χ4n) is 2.29. The molecule has 2 atom stereocenters. The second kappa shape index (κ2) is 5.59. The van der Waals surface area contributed by atoms with Gasteiger partial charge in [0, 0.05) is 19.5 Å². The Kier molecular flexibility index (Phi) is 4.55. The first-order valence-corrected chi connectivity index (χ1v) is 6.35. The number of carboxylic acid groups (broad SMARTS) is 2. The fourth-order valence-corrected chi connectivity index (χ4v) is 2.29. The molecule has 1 heterocycles. The number of nitrogens with zero attached hydrogens (tertiary/aromatic N) is 1. The average Bonchev–Trinajstić information content (AvgIpc) is 2.25. The van der Waals surface area contributed by atoms with Crippen molar-refractivity contribution in [3.8, 4) is 0 Å². The number of piperidine rings is 1. The number of hydrogen-bond acceptors (Lipinski definition) is 3. The van der Waals surface area contributed by atoms with Crippen LogP contribution in [0.1, 0.15) is 33.6 Å². The first-order valence-electron chi connectivity index (χ1n) is 6.35. The number of aliphatic carboxylic acids is 2. The average molecular weight is 271 g/mol. The molecule has 6 nitrogen and oxygen atoms in total. The molecule has 0 spiro atoms. The van der Waals surface area contributed by atoms with Crippen molar-refractivity contribution in [2.24, 2.45) is 17.3 Å². The van der Waals surface area contributed by atoms with Crippen LogP contribution in [0.2, 0.25) is 0 Å². The summed E-state index contributed by atoms with van der Waals surface area (Å²) in [5.41, 5.74) is -0.167. The first kappa shape index (κ1) is 15.5. The molecule has 2 N–H and O–H groups in total. The van der Waals surface area contributed by atoms with E-state index in [-0.39, 0.29) is 24.3 Å². The minimum absolute atomic E-state index is 0.0127. The van der Waals surface area contributed by atoms with Gasteiger partial charge in [0.25, 0.3) is 0 Å². The summed E-state index contributed by atoms with van der Waals surface area (Å²) in [7, 11) is 0. The number of hydrogen-bond donors (Lipinski definition) is 2. The molecule has 108 valence electrons. The Bertz CT molecular complexity index is 385. The van der Waals surface area contributed by atoms with Crippen molar-refractivity contribution in [2.45, 2.75) is 33.6 Å². The number of likely N-dealkylation sites (tertiary alicyclic amines) is 1. The van der Waals surface area contributed by atoms with Crippen LogP contribution in [0, 0.1) is 17.3 Å². The minimum Gasteiger partial charge on any atom is -0.481 e. The highest BCUT2D eigenvalue weighted by atomic mass is 16.4. The third-order valence-corrected chi connectivity index (χ3v) is 3.28. The maximum absolute atomic E-state index is 12.0. The Morgan fingerprint density at radius 1 is 1.11 bits per heavy atom. The lowest BCUT2D eigenvalue weighted by Gasteiger charge is -2.35. The zero-order chi connectivity index (χ0) is 14.8. The van der Waals surface area contributed by atoms with Gasteiger partial charge in [0.1, 0.15) is 0 Å². The monoisotopic (exact) mass is 271 g/mol. The summed E-state index contributed by atoms with van der Waals surface area (Å²) in [6.07, 6.45) is 0.527. The molecule has 0 radical (unpaired) electrons. The zero-order valence-electron chi connectivity index (χ0n) is 11.5. The predicted molar refractivity (Wildman–Crippen MR) is 67.5 cm³/mol. The third-order valence-electron chi connectivity index (χ3n) is 3.28. The van der Waals surface area contributed by atoms with E-state index in [4.69, 9.17) is 10.2 Å². The molecule has 1 amide bonds. The van der Waals surface area contributed by atoms with Crippen molar-refractivity contribution in [3.05, 3.63) is 0 Å². The van der Waals surface area contributed by atoms with Crippen LogP contribution in [-0.2, 0) is 14.4 Å². The summed E-state index contributed by atoms with van der Waals surface area (Å²) >= 11 is 0. The topological polar surface area (TPSA) is 94.9 Å². The molecule has 0 bridgehead atoms. The maximum atomic E-state index is 12.0. The molecule has 0 aromatic carbocycles. The summed E-state index contributed by atoms with van der Waals surface area (Å²) in [6.45, 7) is 6.10. The molecule has 1 saturated heterocycles. The van der Waals surface area contributed by atoms with Crippen LogP contribution in [0.15, 0.2) is 0 Å². The smallest absolute Gasteiger partial charge is 0.309 e. The van der Waals surface area contributed by atoms with Gasteiger partial charge in [0.05, 0.1) is 11.8 Å². The van der Waals surface area contributed by atoms with Crippen LogP contribution in [-0.4, -0.2) is 46.0 Å². The normalized spacial score (nSPS) is 24.1. The summed E-state index contributed by atoms with van der Waals surface area (Å²) in [5.74, 6) is -4.29. The lowest BCUT2D eigenvalue weighted by Crippen LogP contribution is -2.49. The molecule has 0 aromatic heterocycles. The van der Waals surface area contributed by atoms with Crippen LogP contribution in [0.5, 0.6) is 0 Å². The summed E-state index contributed by atoms with van der Waals surface area (Å²) in [5, 5.41) is 18.1. The summed E-state index contributed by atoms with van der Waals surface area (Å²) < 4.78 is 0. The van der Waals surface area contributed by atoms with E-state index in [2.05, 4.69) is 0 Å². The van der Waals surface area contributed by atoms with E-state index in [0.717, 1.165) is 0 Å². The van der Waals surface area contributed by atoms with E-state index in [9.17, 15) is 14.4 Å². The van der Waals surface area contributed by atoms with Crippen LogP contribution >= 0.6 is 0 Å². The molecule has 0 aliphatic carbocycles. The number of carbonyl (C=O) groups excluding carboxylic acids is 1. The molecule has 0 aromatic rings. The van der Waals surface area contributed by atoms with Gasteiger partial charge in [0.15, 0.2) is 0 Å². The van der Waals surface area contributed by atoms with Gasteiger partial charge >= 0.3 is 11.9 Å². The Balaban J connectivity index is 2.74. The lowest BCUT2D eigenvalue weighted by atomic mass is 9.84. The van der Waals surface area contributed by atoms with Gasteiger partial charge in [-0.15, -0.1) is 0 Å². The first-order chi connectivity index (χ1) is 8.61. The van der Waals surface area contributed by atoms with Crippen LogP contribution in [0.3, 0.4) is 0 Å². The van der Waals surface area contributed by atoms with Gasteiger partial charge in [-0.2, -0.15) is 0 Å². The molecule has 1 aliphatic heterocycles. The highest BCUT2D eigenvalue weighted by molar-refractivity contribution is 5.82. The van der Waals surface area contributed by atoms with Gasteiger partial charge in [0.2, 0.25) is 5.91 Å². The Labute approximate surface area is 112 Å². The fraction of sp³-hybridized carbons (Fsp3) is 0.769. The van der Waals surface area contributed by atoms with Crippen molar-refractivity contribution in [1.29, 1.82) is 0 Å². The molecule has 2 unspecified atom stereocenters. The zero-order valence-corrected chi connectivity index (χ0v) is 11.5.